The van der Waals surface area contributed by atoms with E-state index in [0.717, 1.165) is 16.9 Å². The van der Waals surface area contributed by atoms with Gasteiger partial charge in [-0.25, -0.2) is 0 Å². The molecule has 2 heteroatoms. The number of nitrogens with zero attached hydrogens (tertiary/aromatic N) is 1. The molecule has 0 saturated carbocycles. The molecule has 0 saturated heterocycles. The minimum atomic E-state index is 0.677. The molecule has 88 valence electrons. The lowest BCUT2D eigenvalue weighted by Crippen LogP contribution is -1.81. The predicted octanol–water partition coefficient (Wildman–Crippen LogP) is 3.74. The Morgan fingerprint density at radius 1 is 0.889 bits per heavy atom. The molecule has 0 unspecified atom stereocenters. The van der Waals surface area contributed by atoms with Crippen LogP contribution in [-0.2, 0) is 0 Å². The Labute approximate surface area is 107 Å². The van der Waals surface area contributed by atoms with Gasteiger partial charge in [0, 0.05) is 0 Å². The third kappa shape index (κ3) is 2.99. The van der Waals surface area contributed by atoms with Crippen molar-refractivity contribution in [3.63, 3.8) is 0 Å². The van der Waals surface area contributed by atoms with Crippen molar-refractivity contribution in [2.45, 2.75) is 0 Å². The fourth-order valence-corrected chi connectivity index (χ4v) is 1.58. The molecule has 0 amide bonds. The first-order valence-electron chi connectivity index (χ1n) is 5.64. The summed E-state index contributed by atoms with van der Waals surface area (Å²) in [5, 5.41) is 8.71. The Bertz CT molecular complexity index is 574. The van der Waals surface area contributed by atoms with Crippen molar-refractivity contribution in [2.24, 2.45) is 0 Å². The van der Waals surface area contributed by atoms with E-state index in [1.54, 1.807) is 7.11 Å². The molecule has 0 spiro atoms. The van der Waals surface area contributed by atoms with E-state index in [-0.39, 0.29) is 0 Å². The molecule has 0 N–H and O–H groups in total. The summed E-state index contributed by atoms with van der Waals surface area (Å²) < 4.78 is 5.10. The molecule has 2 nitrogen and oxygen atoms in total. The first kappa shape index (κ1) is 11.9. The van der Waals surface area contributed by atoms with Crippen molar-refractivity contribution < 1.29 is 4.74 Å². The highest BCUT2D eigenvalue weighted by atomic mass is 16.5. The summed E-state index contributed by atoms with van der Waals surface area (Å²) in [5.74, 6) is 0.852. The summed E-state index contributed by atoms with van der Waals surface area (Å²) in [5.41, 5.74) is 2.86. The highest BCUT2D eigenvalue weighted by Gasteiger charge is 1.92. The van der Waals surface area contributed by atoms with Gasteiger partial charge in [-0.05, 0) is 35.4 Å². The summed E-state index contributed by atoms with van der Waals surface area (Å²) in [6.07, 6.45) is 4.05. The lowest BCUT2D eigenvalue weighted by atomic mass is 10.1. The Balaban J connectivity index is 2.11. The average Bonchev–Trinajstić information content (AvgIpc) is 2.46. The van der Waals surface area contributed by atoms with Gasteiger partial charge >= 0.3 is 0 Å². The lowest BCUT2D eigenvalue weighted by molar-refractivity contribution is 0.415. The number of rotatable bonds is 3. The molecule has 0 bridgehead atoms. The van der Waals surface area contributed by atoms with Crippen LogP contribution in [0.5, 0.6) is 5.75 Å². The zero-order valence-corrected chi connectivity index (χ0v) is 10.1. The smallest absolute Gasteiger partial charge is 0.118 e. The van der Waals surface area contributed by atoms with Crippen LogP contribution in [-0.4, -0.2) is 7.11 Å². The monoisotopic (exact) mass is 235 g/mol. The van der Waals surface area contributed by atoms with Crippen LogP contribution in [0.15, 0.2) is 48.5 Å². The largest absolute Gasteiger partial charge is 0.497 e. The summed E-state index contributed by atoms with van der Waals surface area (Å²) in [6, 6.07) is 17.4. The van der Waals surface area contributed by atoms with E-state index in [0.29, 0.717) is 5.56 Å². The minimum Gasteiger partial charge on any atom is -0.497 e. The Morgan fingerprint density at radius 3 is 1.83 bits per heavy atom. The van der Waals surface area contributed by atoms with Crippen molar-refractivity contribution in [3.05, 3.63) is 65.2 Å². The van der Waals surface area contributed by atoms with E-state index >= 15 is 0 Å². The van der Waals surface area contributed by atoms with Gasteiger partial charge in [0.15, 0.2) is 0 Å². The molecule has 2 rings (SSSR count). The van der Waals surface area contributed by atoms with Crippen molar-refractivity contribution in [1.82, 2.24) is 0 Å². The fourth-order valence-electron chi connectivity index (χ4n) is 1.58. The highest BCUT2D eigenvalue weighted by molar-refractivity contribution is 5.70. The van der Waals surface area contributed by atoms with Crippen LogP contribution in [0.25, 0.3) is 12.2 Å². The van der Waals surface area contributed by atoms with E-state index in [4.69, 9.17) is 10.00 Å². The number of hydrogen-bond acceptors (Lipinski definition) is 2. The predicted molar refractivity (Wildman–Crippen MR) is 73.1 cm³/mol. The quantitative estimate of drug-likeness (QED) is 0.759. The molecule has 0 radical (unpaired) electrons. The van der Waals surface area contributed by atoms with Crippen LogP contribution in [0.2, 0.25) is 0 Å². The molecule has 0 aliphatic rings. The molecule has 2 aromatic carbocycles. The zero-order valence-electron chi connectivity index (χ0n) is 10.1. The van der Waals surface area contributed by atoms with E-state index in [1.165, 1.54) is 0 Å². The van der Waals surface area contributed by atoms with Gasteiger partial charge in [-0.2, -0.15) is 5.26 Å². The van der Waals surface area contributed by atoms with Crippen molar-refractivity contribution >= 4 is 12.2 Å². The molecule has 0 aliphatic carbocycles. The van der Waals surface area contributed by atoms with Crippen molar-refractivity contribution in [2.75, 3.05) is 7.11 Å². The fraction of sp³-hybridized carbons (Fsp3) is 0.0625. The van der Waals surface area contributed by atoms with Gasteiger partial charge in [-0.1, -0.05) is 36.4 Å². The minimum absolute atomic E-state index is 0.677. The topological polar surface area (TPSA) is 33.0 Å². The summed E-state index contributed by atoms with van der Waals surface area (Å²) in [7, 11) is 1.65. The number of methoxy groups -OCH3 is 1. The summed E-state index contributed by atoms with van der Waals surface area (Å²) >= 11 is 0. The number of ether oxygens (including phenoxy) is 1. The van der Waals surface area contributed by atoms with Crippen molar-refractivity contribution in [1.29, 1.82) is 5.26 Å². The normalized spacial score (nSPS) is 10.2. The second-order valence-corrected chi connectivity index (χ2v) is 3.84. The Morgan fingerprint density at radius 2 is 1.39 bits per heavy atom. The molecule has 18 heavy (non-hydrogen) atoms. The van der Waals surface area contributed by atoms with Crippen LogP contribution >= 0.6 is 0 Å². The first-order valence-corrected chi connectivity index (χ1v) is 5.64. The maximum atomic E-state index is 8.71. The number of benzene rings is 2. The standard InChI is InChI=1S/C16H13NO/c1-18-16-10-8-14(9-11-16)3-2-13-4-6-15(12-17)7-5-13/h2-11H,1H3/b3-2+. The number of nitriles is 1. The molecule has 0 aromatic heterocycles. The van der Waals surface area contributed by atoms with Crippen LogP contribution in [0.3, 0.4) is 0 Å². The maximum Gasteiger partial charge on any atom is 0.118 e. The van der Waals surface area contributed by atoms with Gasteiger partial charge in [-0.15, -0.1) is 0 Å². The molecule has 0 heterocycles. The van der Waals surface area contributed by atoms with Crippen LogP contribution in [0.1, 0.15) is 16.7 Å². The molecular weight excluding hydrogens is 222 g/mol. The summed E-state index contributed by atoms with van der Waals surface area (Å²) in [6.45, 7) is 0. The van der Waals surface area contributed by atoms with Gasteiger partial charge in [0.05, 0.1) is 18.7 Å². The second-order valence-electron chi connectivity index (χ2n) is 3.84. The maximum absolute atomic E-state index is 8.71. The third-order valence-corrected chi connectivity index (χ3v) is 2.62. The molecule has 0 aliphatic heterocycles. The SMILES string of the molecule is COc1ccc(/C=C/c2ccc(C#N)cc2)cc1. The Hall–Kier alpha value is -2.53. The van der Waals surface area contributed by atoms with Crippen LogP contribution in [0, 0.1) is 11.3 Å². The first-order chi connectivity index (χ1) is 8.81. The van der Waals surface area contributed by atoms with Crippen LogP contribution < -0.4 is 4.74 Å². The van der Waals surface area contributed by atoms with E-state index < -0.39 is 0 Å². The third-order valence-electron chi connectivity index (χ3n) is 2.62. The summed E-state index contributed by atoms with van der Waals surface area (Å²) in [4.78, 5) is 0. The van der Waals surface area contributed by atoms with Gasteiger partial charge < -0.3 is 4.74 Å². The molecular formula is C16H13NO. The van der Waals surface area contributed by atoms with E-state index in [1.807, 2.05) is 60.7 Å². The average molecular weight is 235 g/mol. The molecule has 0 atom stereocenters. The van der Waals surface area contributed by atoms with Gasteiger partial charge in [0.2, 0.25) is 0 Å². The van der Waals surface area contributed by atoms with Crippen LogP contribution in [0.4, 0.5) is 0 Å². The molecule has 2 aromatic rings. The van der Waals surface area contributed by atoms with Gasteiger partial charge in [-0.3, -0.25) is 0 Å². The van der Waals surface area contributed by atoms with Gasteiger partial charge in [0.1, 0.15) is 5.75 Å². The van der Waals surface area contributed by atoms with Gasteiger partial charge in [0.25, 0.3) is 0 Å². The van der Waals surface area contributed by atoms with Crippen molar-refractivity contribution in [3.8, 4) is 11.8 Å². The van der Waals surface area contributed by atoms with E-state index in [2.05, 4.69) is 6.07 Å². The van der Waals surface area contributed by atoms with E-state index in [9.17, 15) is 0 Å². The highest BCUT2D eigenvalue weighted by Crippen LogP contribution is 2.14. The Kier molecular flexibility index (Phi) is 3.78. The zero-order chi connectivity index (χ0) is 12.8. The lowest BCUT2D eigenvalue weighted by Gasteiger charge is -1.99. The molecule has 0 fully saturated rings. The second kappa shape index (κ2) is 5.70. The number of hydrogen-bond donors (Lipinski definition) is 0.